The Balaban J connectivity index is 1.73. The molecule has 8 nitrogen and oxygen atoms in total. The Morgan fingerprint density at radius 3 is 2.76 bits per heavy atom. The maximum absolute atomic E-state index is 13.1. The van der Waals surface area contributed by atoms with Gasteiger partial charge in [-0.15, -0.1) is 0 Å². The standard InChI is InChI=1S/C29H38N2O6/c1-7-35-27(33)24-14-23-21(18(2)3)10-8-19(4)22(23)15-25(28(5)12-13-29(24,34)37-28)36-26(32)11-9-20-16-31(6)17-30-20/h8-9,11-14,16-18,21-23,25,34H,7,10,15H2,1-6H3/t21-,22+,23+,25+,28+,29-/m1/s1. The van der Waals surface area contributed by atoms with E-state index in [1.807, 2.05) is 13.1 Å². The molecule has 4 rings (SSSR count). The van der Waals surface area contributed by atoms with Crippen molar-refractivity contribution in [1.82, 2.24) is 9.55 Å². The summed E-state index contributed by atoms with van der Waals surface area (Å²) in [6, 6.07) is 0. The number of aryl methyl sites for hydroxylation is 1. The van der Waals surface area contributed by atoms with Crippen LogP contribution in [0, 0.1) is 23.7 Å². The molecular formula is C29H38N2O6. The summed E-state index contributed by atoms with van der Waals surface area (Å²) < 4.78 is 19.3. The average Bonchev–Trinajstić information content (AvgIpc) is 3.40. The molecule has 1 N–H and O–H groups in total. The molecule has 3 aliphatic rings. The van der Waals surface area contributed by atoms with Gasteiger partial charge in [-0.25, -0.2) is 14.6 Å². The number of hydrogen-bond donors (Lipinski definition) is 1. The second kappa shape index (κ2) is 10.4. The molecule has 0 amide bonds. The predicted octanol–water partition coefficient (Wildman–Crippen LogP) is 4.13. The fraction of sp³-hybridized carbons (Fsp3) is 0.552. The van der Waals surface area contributed by atoms with E-state index in [4.69, 9.17) is 14.2 Å². The van der Waals surface area contributed by atoms with E-state index >= 15 is 0 Å². The van der Waals surface area contributed by atoms with Crippen molar-refractivity contribution in [2.24, 2.45) is 30.7 Å². The Hall–Kier alpha value is -2.97. The molecule has 0 radical (unpaired) electrons. The predicted molar refractivity (Wildman–Crippen MR) is 139 cm³/mol. The van der Waals surface area contributed by atoms with Gasteiger partial charge in [0.05, 0.1) is 24.2 Å². The molecule has 2 bridgehead atoms. The number of carbonyl (C=O) groups excluding carboxylic acids is 2. The molecule has 1 aromatic heterocycles. The van der Waals surface area contributed by atoms with Gasteiger partial charge in [-0.05, 0) is 75.5 Å². The summed E-state index contributed by atoms with van der Waals surface area (Å²) in [4.78, 5) is 30.3. The van der Waals surface area contributed by atoms with Crippen LogP contribution in [0.5, 0.6) is 0 Å². The van der Waals surface area contributed by atoms with Gasteiger partial charge < -0.3 is 23.9 Å². The van der Waals surface area contributed by atoms with Gasteiger partial charge in [0.25, 0.3) is 0 Å². The average molecular weight is 511 g/mol. The van der Waals surface area contributed by atoms with Crippen molar-refractivity contribution < 1.29 is 28.9 Å². The van der Waals surface area contributed by atoms with E-state index in [0.29, 0.717) is 18.0 Å². The van der Waals surface area contributed by atoms with Gasteiger partial charge in [0.1, 0.15) is 11.7 Å². The highest BCUT2D eigenvalue weighted by Crippen LogP contribution is 2.49. The second-order valence-electron chi connectivity index (χ2n) is 10.9. The first-order valence-corrected chi connectivity index (χ1v) is 13.0. The molecule has 200 valence electrons. The first-order chi connectivity index (χ1) is 17.5. The number of imidazole rings is 1. The number of allylic oxidation sites excluding steroid dienone is 3. The lowest BCUT2D eigenvalue weighted by Gasteiger charge is -2.41. The number of hydrogen-bond acceptors (Lipinski definition) is 7. The number of aliphatic hydroxyl groups is 1. The molecule has 0 fully saturated rings. The van der Waals surface area contributed by atoms with Crippen molar-refractivity contribution in [2.75, 3.05) is 6.61 Å². The molecule has 6 atom stereocenters. The molecule has 0 saturated carbocycles. The van der Waals surface area contributed by atoms with E-state index < -0.39 is 29.4 Å². The Bertz CT molecular complexity index is 1160. The summed E-state index contributed by atoms with van der Waals surface area (Å²) in [6.07, 6.45) is 14.3. The smallest absolute Gasteiger partial charge is 0.339 e. The third kappa shape index (κ3) is 5.50. The first kappa shape index (κ1) is 27.1. The summed E-state index contributed by atoms with van der Waals surface area (Å²) in [6.45, 7) is 10.1. The minimum Gasteiger partial charge on any atom is -0.462 e. The van der Waals surface area contributed by atoms with E-state index in [2.05, 4.69) is 31.8 Å². The van der Waals surface area contributed by atoms with Crippen molar-refractivity contribution in [3.8, 4) is 0 Å². The summed E-state index contributed by atoms with van der Waals surface area (Å²) in [5.74, 6) is -2.65. The molecule has 0 saturated heterocycles. The van der Waals surface area contributed by atoms with E-state index in [1.54, 1.807) is 43.1 Å². The van der Waals surface area contributed by atoms with Crippen LogP contribution in [0.15, 0.2) is 54.1 Å². The summed E-state index contributed by atoms with van der Waals surface area (Å²) in [5, 5.41) is 11.6. The number of ether oxygens (including phenoxy) is 3. The van der Waals surface area contributed by atoms with Gasteiger partial charge in [0, 0.05) is 19.3 Å². The lowest BCUT2D eigenvalue weighted by Crippen LogP contribution is -2.47. The van der Waals surface area contributed by atoms with Crippen LogP contribution in [0.25, 0.3) is 6.08 Å². The Morgan fingerprint density at radius 2 is 2.11 bits per heavy atom. The third-order valence-electron chi connectivity index (χ3n) is 7.85. The lowest BCUT2D eigenvalue weighted by molar-refractivity contribution is -0.216. The Morgan fingerprint density at radius 1 is 1.35 bits per heavy atom. The quantitative estimate of drug-likeness (QED) is 0.349. The van der Waals surface area contributed by atoms with Crippen molar-refractivity contribution in [2.45, 2.75) is 65.0 Å². The SMILES string of the molecule is CCOC(=O)C1=C[C@H]2[C@@H](C(C)C)CC=C(C)[C@@H]2C[C@H](OC(=O)C=Cc2cn(C)cn2)[C@]2(C)C=C[C@@]1(O)O2. The highest BCUT2D eigenvalue weighted by molar-refractivity contribution is 5.91. The highest BCUT2D eigenvalue weighted by atomic mass is 16.7. The van der Waals surface area contributed by atoms with Crippen molar-refractivity contribution in [1.29, 1.82) is 0 Å². The fourth-order valence-corrected chi connectivity index (χ4v) is 5.75. The number of nitrogens with zero attached hydrogens (tertiary/aromatic N) is 2. The van der Waals surface area contributed by atoms with Crippen LogP contribution < -0.4 is 0 Å². The molecule has 3 heterocycles. The molecule has 0 spiro atoms. The molecule has 37 heavy (non-hydrogen) atoms. The van der Waals surface area contributed by atoms with Gasteiger partial charge in [-0.3, -0.25) is 0 Å². The van der Waals surface area contributed by atoms with Crippen molar-refractivity contribution in [3.05, 3.63) is 59.7 Å². The normalized spacial score (nSPS) is 33.3. The zero-order valence-corrected chi connectivity index (χ0v) is 22.5. The van der Waals surface area contributed by atoms with Crippen LogP contribution in [0.4, 0.5) is 0 Å². The number of esters is 2. The van der Waals surface area contributed by atoms with E-state index in [9.17, 15) is 14.7 Å². The van der Waals surface area contributed by atoms with Gasteiger partial charge in [0.15, 0.2) is 0 Å². The number of carbonyl (C=O) groups is 2. The molecule has 1 aliphatic carbocycles. The number of aromatic nitrogens is 2. The fourth-order valence-electron chi connectivity index (χ4n) is 5.75. The van der Waals surface area contributed by atoms with Gasteiger partial charge in [-0.1, -0.05) is 31.6 Å². The molecule has 1 aromatic rings. The van der Waals surface area contributed by atoms with Gasteiger partial charge in [0.2, 0.25) is 5.79 Å². The van der Waals surface area contributed by atoms with Crippen LogP contribution in [-0.4, -0.2) is 50.7 Å². The highest BCUT2D eigenvalue weighted by Gasteiger charge is 2.54. The van der Waals surface area contributed by atoms with E-state index in [0.717, 1.165) is 6.42 Å². The van der Waals surface area contributed by atoms with Crippen LogP contribution in [0.1, 0.15) is 53.2 Å². The lowest BCUT2D eigenvalue weighted by atomic mass is 9.65. The third-order valence-corrected chi connectivity index (χ3v) is 7.85. The summed E-state index contributed by atoms with van der Waals surface area (Å²) in [7, 11) is 1.85. The minimum atomic E-state index is -1.99. The summed E-state index contributed by atoms with van der Waals surface area (Å²) in [5.41, 5.74) is 0.727. The van der Waals surface area contributed by atoms with Crippen LogP contribution in [-0.2, 0) is 30.8 Å². The molecule has 8 heteroatoms. The topological polar surface area (TPSA) is 99.9 Å². The molecule has 0 unspecified atom stereocenters. The molecule has 2 aliphatic heterocycles. The van der Waals surface area contributed by atoms with Crippen LogP contribution in [0.2, 0.25) is 0 Å². The second-order valence-corrected chi connectivity index (χ2v) is 10.9. The molecule has 0 aromatic carbocycles. The number of fused-ring (bicyclic) bond motifs is 3. The zero-order valence-electron chi connectivity index (χ0n) is 22.5. The maximum atomic E-state index is 13.1. The van der Waals surface area contributed by atoms with Crippen molar-refractivity contribution >= 4 is 18.0 Å². The monoisotopic (exact) mass is 510 g/mol. The Kier molecular flexibility index (Phi) is 7.62. The molecular weight excluding hydrogens is 472 g/mol. The summed E-state index contributed by atoms with van der Waals surface area (Å²) >= 11 is 0. The van der Waals surface area contributed by atoms with Gasteiger partial charge in [-0.2, -0.15) is 0 Å². The van der Waals surface area contributed by atoms with E-state index in [1.165, 1.54) is 17.7 Å². The van der Waals surface area contributed by atoms with Crippen molar-refractivity contribution in [3.63, 3.8) is 0 Å². The maximum Gasteiger partial charge on any atom is 0.339 e. The van der Waals surface area contributed by atoms with Gasteiger partial charge >= 0.3 is 11.9 Å². The first-order valence-electron chi connectivity index (χ1n) is 13.0. The largest absolute Gasteiger partial charge is 0.462 e. The minimum absolute atomic E-state index is 0.0140. The zero-order chi connectivity index (χ0) is 27.0. The number of rotatable bonds is 6. The Labute approximate surface area is 218 Å². The van der Waals surface area contributed by atoms with Crippen LogP contribution in [0.3, 0.4) is 0 Å². The van der Waals surface area contributed by atoms with E-state index in [-0.39, 0.29) is 29.9 Å². The van der Waals surface area contributed by atoms with Crippen LogP contribution >= 0.6 is 0 Å².